The lowest BCUT2D eigenvalue weighted by Crippen LogP contribution is -2.05. The molecular weight excluding hydrogens is 239 g/mol. The van der Waals surface area contributed by atoms with E-state index in [0.717, 1.165) is 5.56 Å². The van der Waals surface area contributed by atoms with E-state index in [4.69, 9.17) is 23.2 Å². The van der Waals surface area contributed by atoms with E-state index >= 15 is 0 Å². The summed E-state index contributed by atoms with van der Waals surface area (Å²) < 4.78 is 11.8. The van der Waals surface area contributed by atoms with Crippen LogP contribution in [0, 0.1) is 6.92 Å². The van der Waals surface area contributed by atoms with Crippen molar-refractivity contribution in [3.8, 4) is 0 Å². The van der Waals surface area contributed by atoms with Crippen LogP contribution < -0.4 is 0 Å². The zero-order valence-corrected chi connectivity index (χ0v) is 10.6. The van der Waals surface area contributed by atoms with Crippen LogP contribution in [0.3, 0.4) is 0 Å². The maximum Gasteiger partial charge on any atom is 0.0556 e. The second kappa shape index (κ2) is 4.65. The molecule has 0 saturated heterocycles. The molecule has 1 rings (SSSR count). The molecule has 0 amide bonds. The normalized spacial score (nSPS) is 13.3. The SMILES string of the molecule is Cc1c(Cl)cc(S(=O)C(C)C)cc1Cl. The third-order valence-corrected chi connectivity index (χ3v) is 4.26. The van der Waals surface area contributed by atoms with Gasteiger partial charge in [0.2, 0.25) is 0 Å². The van der Waals surface area contributed by atoms with Gasteiger partial charge < -0.3 is 0 Å². The smallest absolute Gasteiger partial charge is 0.0556 e. The first-order chi connectivity index (χ1) is 6.43. The molecule has 0 saturated carbocycles. The first-order valence-corrected chi connectivity index (χ1v) is 6.26. The molecule has 1 nitrogen and oxygen atoms in total. The Morgan fingerprint density at radius 2 is 1.64 bits per heavy atom. The van der Waals surface area contributed by atoms with E-state index in [-0.39, 0.29) is 5.25 Å². The molecule has 78 valence electrons. The molecule has 14 heavy (non-hydrogen) atoms. The second-order valence-corrected chi connectivity index (χ2v) is 6.18. The Morgan fingerprint density at radius 1 is 1.21 bits per heavy atom. The minimum Gasteiger partial charge on any atom is -0.254 e. The molecule has 1 atom stereocenters. The Kier molecular flexibility index (Phi) is 3.99. The maximum atomic E-state index is 11.8. The first kappa shape index (κ1) is 12.0. The summed E-state index contributed by atoms with van der Waals surface area (Å²) in [7, 11) is -1.03. The van der Waals surface area contributed by atoms with E-state index in [2.05, 4.69) is 0 Å². The van der Waals surface area contributed by atoms with E-state index in [1.165, 1.54) is 0 Å². The summed E-state index contributed by atoms with van der Waals surface area (Å²) >= 11 is 11.9. The van der Waals surface area contributed by atoms with Crippen LogP contribution in [0.15, 0.2) is 17.0 Å². The highest BCUT2D eigenvalue weighted by Crippen LogP contribution is 2.27. The largest absolute Gasteiger partial charge is 0.254 e. The van der Waals surface area contributed by atoms with Crippen LogP contribution in [0.1, 0.15) is 19.4 Å². The van der Waals surface area contributed by atoms with E-state index in [9.17, 15) is 4.21 Å². The van der Waals surface area contributed by atoms with Gasteiger partial charge in [0.25, 0.3) is 0 Å². The van der Waals surface area contributed by atoms with Gasteiger partial charge in [-0.05, 0) is 24.6 Å². The minimum atomic E-state index is -1.03. The van der Waals surface area contributed by atoms with Crippen LogP contribution in [0.2, 0.25) is 10.0 Å². The van der Waals surface area contributed by atoms with Crippen molar-refractivity contribution in [1.82, 2.24) is 0 Å². The highest BCUT2D eigenvalue weighted by Gasteiger charge is 2.11. The molecule has 0 aromatic heterocycles. The summed E-state index contributed by atoms with van der Waals surface area (Å²) in [6.45, 7) is 5.64. The Bertz CT molecular complexity index is 351. The standard InChI is InChI=1S/C10H12Cl2OS/c1-6(2)14(13)8-4-9(11)7(3)10(12)5-8/h4-6H,1-3H3. The van der Waals surface area contributed by atoms with Crippen LogP contribution in [0.4, 0.5) is 0 Å². The number of halogens is 2. The summed E-state index contributed by atoms with van der Waals surface area (Å²) in [4.78, 5) is 0.695. The maximum absolute atomic E-state index is 11.8. The van der Waals surface area contributed by atoms with Crippen LogP contribution in [0.5, 0.6) is 0 Å². The van der Waals surface area contributed by atoms with E-state index < -0.39 is 10.8 Å². The zero-order valence-electron chi connectivity index (χ0n) is 8.30. The summed E-state index contributed by atoms with van der Waals surface area (Å²) in [5.41, 5.74) is 0.831. The van der Waals surface area contributed by atoms with Gasteiger partial charge in [-0.3, -0.25) is 4.21 Å². The Hall–Kier alpha value is -0.0500. The van der Waals surface area contributed by atoms with E-state index in [1.54, 1.807) is 12.1 Å². The van der Waals surface area contributed by atoms with Crippen LogP contribution in [-0.2, 0) is 10.8 Å². The fourth-order valence-electron chi connectivity index (χ4n) is 1.01. The van der Waals surface area contributed by atoms with Crippen molar-refractivity contribution < 1.29 is 4.21 Å². The van der Waals surface area contributed by atoms with Gasteiger partial charge in [0.15, 0.2) is 0 Å². The lowest BCUT2D eigenvalue weighted by atomic mass is 10.2. The van der Waals surface area contributed by atoms with Gasteiger partial charge in [0.05, 0.1) is 10.8 Å². The predicted octanol–water partition coefficient (Wildman–Crippen LogP) is 3.82. The number of hydrogen-bond acceptors (Lipinski definition) is 1. The highest BCUT2D eigenvalue weighted by atomic mass is 35.5. The Balaban J connectivity index is 3.19. The summed E-state index contributed by atoms with van der Waals surface area (Å²) in [5, 5.41) is 1.22. The zero-order chi connectivity index (χ0) is 10.9. The molecule has 0 aliphatic heterocycles. The first-order valence-electron chi connectivity index (χ1n) is 4.29. The molecular formula is C10H12Cl2OS. The number of rotatable bonds is 2. The number of benzene rings is 1. The monoisotopic (exact) mass is 250 g/mol. The molecule has 0 fully saturated rings. The fraction of sp³-hybridized carbons (Fsp3) is 0.400. The van der Waals surface area contributed by atoms with Crippen molar-refractivity contribution in [2.24, 2.45) is 0 Å². The van der Waals surface area contributed by atoms with Gasteiger partial charge in [-0.15, -0.1) is 0 Å². The van der Waals surface area contributed by atoms with Gasteiger partial charge in [-0.25, -0.2) is 0 Å². The lowest BCUT2D eigenvalue weighted by molar-refractivity contribution is 0.676. The van der Waals surface area contributed by atoms with Crippen molar-refractivity contribution in [3.05, 3.63) is 27.7 Å². The van der Waals surface area contributed by atoms with Crippen LogP contribution in [0.25, 0.3) is 0 Å². The molecule has 0 aliphatic carbocycles. The van der Waals surface area contributed by atoms with Crippen molar-refractivity contribution in [2.75, 3.05) is 0 Å². The van der Waals surface area contributed by atoms with Crippen molar-refractivity contribution in [1.29, 1.82) is 0 Å². The lowest BCUT2D eigenvalue weighted by Gasteiger charge is -2.08. The molecule has 1 aromatic rings. The van der Waals surface area contributed by atoms with Gasteiger partial charge in [0, 0.05) is 20.2 Å². The van der Waals surface area contributed by atoms with Crippen molar-refractivity contribution in [3.63, 3.8) is 0 Å². The molecule has 0 heterocycles. The Labute approximate surface area is 96.9 Å². The summed E-state index contributed by atoms with van der Waals surface area (Å²) in [6, 6.07) is 3.44. The van der Waals surface area contributed by atoms with Crippen LogP contribution in [-0.4, -0.2) is 9.46 Å². The van der Waals surface area contributed by atoms with Gasteiger partial charge in [-0.2, -0.15) is 0 Å². The molecule has 1 aromatic carbocycles. The highest BCUT2D eigenvalue weighted by molar-refractivity contribution is 7.85. The average molecular weight is 251 g/mol. The van der Waals surface area contributed by atoms with E-state index in [0.29, 0.717) is 14.9 Å². The molecule has 1 unspecified atom stereocenters. The molecule has 0 N–H and O–H groups in total. The summed E-state index contributed by atoms with van der Waals surface area (Å²) in [5.74, 6) is 0. The molecule has 0 aliphatic rings. The molecule has 0 spiro atoms. The Morgan fingerprint density at radius 3 is 2.00 bits per heavy atom. The molecule has 0 bridgehead atoms. The topological polar surface area (TPSA) is 17.1 Å². The van der Waals surface area contributed by atoms with Crippen LogP contribution >= 0.6 is 23.2 Å². The van der Waals surface area contributed by atoms with Gasteiger partial charge in [0.1, 0.15) is 0 Å². The fourth-order valence-corrected chi connectivity index (χ4v) is 2.64. The van der Waals surface area contributed by atoms with Gasteiger partial charge in [-0.1, -0.05) is 37.0 Å². The molecule has 4 heteroatoms. The third-order valence-electron chi connectivity index (χ3n) is 1.91. The quantitative estimate of drug-likeness (QED) is 0.780. The van der Waals surface area contributed by atoms with Crippen molar-refractivity contribution >= 4 is 34.0 Å². The third kappa shape index (κ3) is 2.50. The van der Waals surface area contributed by atoms with Crippen molar-refractivity contribution in [2.45, 2.75) is 30.9 Å². The second-order valence-electron chi connectivity index (χ2n) is 3.36. The van der Waals surface area contributed by atoms with E-state index in [1.807, 2.05) is 20.8 Å². The molecule has 0 radical (unpaired) electrons. The number of hydrogen-bond donors (Lipinski definition) is 0. The summed E-state index contributed by atoms with van der Waals surface area (Å²) in [6.07, 6.45) is 0. The predicted molar refractivity (Wildman–Crippen MR) is 62.7 cm³/mol. The average Bonchev–Trinajstić information content (AvgIpc) is 2.12. The minimum absolute atomic E-state index is 0.0739. The van der Waals surface area contributed by atoms with Gasteiger partial charge >= 0.3 is 0 Å².